The number of carbonyl (C=O) groups excluding carboxylic acids is 1. The zero-order valence-corrected chi connectivity index (χ0v) is 9.91. The van der Waals surface area contributed by atoms with Gasteiger partial charge in [-0.1, -0.05) is 11.6 Å². The molecular weight excluding hydrogens is 244 g/mol. The van der Waals surface area contributed by atoms with Gasteiger partial charge in [-0.25, -0.2) is 0 Å². The number of benzene rings is 1. The highest BCUT2D eigenvalue weighted by molar-refractivity contribution is 8.00. The molecule has 0 saturated heterocycles. The summed E-state index contributed by atoms with van der Waals surface area (Å²) in [4.78, 5) is 11.9. The van der Waals surface area contributed by atoms with Gasteiger partial charge in [0.05, 0.1) is 11.4 Å². The fraction of sp³-hybridized carbons (Fsp3) is 0.182. The summed E-state index contributed by atoms with van der Waals surface area (Å²) in [5.41, 5.74) is 3.52. The molecule has 3 nitrogen and oxygen atoms in total. The van der Waals surface area contributed by atoms with Crippen LogP contribution in [0.5, 0.6) is 0 Å². The van der Waals surface area contributed by atoms with E-state index >= 15 is 0 Å². The third-order valence-electron chi connectivity index (χ3n) is 2.65. The van der Waals surface area contributed by atoms with E-state index in [1.807, 2.05) is 12.1 Å². The number of hydrogen-bond acceptors (Lipinski definition) is 3. The van der Waals surface area contributed by atoms with Crippen LogP contribution in [0.1, 0.15) is 0 Å². The number of carbonyl (C=O) groups is 1. The first-order valence-corrected chi connectivity index (χ1v) is 6.45. The fourth-order valence-corrected chi connectivity index (χ4v) is 3.07. The van der Waals surface area contributed by atoms with E-state index in [0.717, 1.165) is 34.2 Å². The van der Waals surface area contributed by atoms with Gasteiger partial charge in [0.2, 0.25) is 0 Å². The van der Waals surface area contributed by atoms with E-state index in [-0.39, 0.29) is 5.91 Å². The topological polar surface area (TPSA) is 41.1 Å². The van der Waals surface area contributed by atoms with Gasteiger partial charge in [0, 0.05) is 27.8 Å². The zero-order valence-electron chi connectivity index (χ0n) is 8.34. The Balaban J connectivity index is 2.08. The van der Waals surface area contributed by atoms with Crippen molar-refractivity contribution >= 4 is 40.6 Å². The molecule has 3 rings (SSSR count). The molecule has 16 heavy (non-hydrogen) atoms. The predicted octanol–water partition coefficient (Wildman–Crippen LogP) is 2.70. The van der Waals surface area contributed by atoms with Gasteiger partial charge in [-0.15, -0.1) is 0 Å². The molecular formula is C11H9ClN2OS. The summed E-state index contributed by atoms with van der Waals surface area (Å²) < 4.78 is 0. The van der Waals surface area contributed by atoms with Gasteiger partial charge in [-0.2, -0.15) is 11.8 Å². The highest BCUT2D eigenvalue weighted by atomic mass is 35.5. The minimum Gasteiger partial charge on any atom is -0.356 e. The largest absolute Gasteiger partial charge is 0.356 e. The van der Waals surface area contributed by atoms with Crippen LogP contribution < -0.4 is 10.6 Å². The van der Waals surface area contributed by atoms with Gasteiger partial charge in [-0.3, -0.25) is 4.79 Å². The molecule has 0 atom stereocenters. The van der Waals surface area contributed by atoms with Gasteiger partial charge in [-0.05, 0) is 18.2 Å². The van der Waals surface area contributed by atoms with Crippen LogP contribution in [0.25, 0.3) is 0 Å². The summed E-state index contributed by atoms with van der Waals surface area (Å²) >= 11 is 7.65. The van der Waals surface area contributed by atoms with Crippen LogP contribution >= 0.6 is 23.4 Å². The molecule has 0 aromatic heterocycles. The van der Waals surface area contributed by atoms with E-state index in [1.54, 1.807) is 17.8 Å². The lowest BCUT2D eigenvalue weighted by Crippen LogP contribution is -2.14. The molecule has 0 radical (unpaired) electrons. The van der Waals surface area contributed by atoms with Crippen molar-refractivity contribution in [1.82, 2.24) is 0 Å². The van der Waals surface area contributed by atoms with Crippen molar-refractivity contribution in [3.63, 3.8) is 0 Å². The van der Waals surface area contributed by atoms with Crippen molar-refractivity contribution in [2.45, 2.75) is 0 Å². The van der Waals surface area contributed by atoms with Gasteiger partial charge in [0.1, 0.15) is 0 Å². The number of hydrogen-bond donors (Lipinski definition) is 2. The van der Waals surface area contributed by atoms with Crippen LogP contribution in [0.3, 0.4) is 0 Å². The molecule has 1 aromatic carbocycles. The molecule has 0 unspecified atom stereocenters. The van der Waals surface area contributed by atoms with E-state index in [2.05, 4.69) is 10.6 Å². The first kappa shape index (κ1) is 10.1. The SMILES string of the molecule is O=C1Nc2cc(Cl)ccc2NC2=C1CSC2. The smallest absolute Gasteiger partial charge is 0.254 e. The van der Waals surface area contributed by atoms with E-state index in [4.69, 9.17) is 11.6 Å². The first-order chi connectivity index (χ1) is 7.74. The highest BCUT2D eigenvalue weighted by Gasteiger charge is 2.25. The lowest BCUT2D eigenvalue weighted by molar-refractivity contribution is -0.112. The molecule has 1 amide bonds. The van der Waals surface area contributed by atoms with Crippen LogP contribution in [0.2, 0.25) is 5.02 Å². The Bertz CT molecular complexity index is 513. The second-order valence-corrected chi connectivity index (χ2v) is 5.14. The van der Waals surface area contributed by atoms with Gasteiger partial charge >= 0.3 is 0 Å². The molecule has 0 bridgehead atoms. The maximum Gasteiger partial charge on any atom is 0.254 e. The molecule has 2 heterocycles. The lowest BCUT2D eigenvalue weighted by atomic mass is 10.2. The third kappa shape index (κ3) is 1.58. The minimum atomic E-state index is -0.0199. The summed E-state index contributed by atoms with van der Waals surface area (Å²) in [6.07, 6.45) is 0. The Morgan fingerprint density at radius 2 is 2.06 bits per heavy atom. The van der Waals surface area contributed by atoms with Crippen molar-refractivity contribution in [3.8, 4) is 0 Å². The molecule has 2 N–H and O–H groups in total. The number of halogens is 1. The van der Waals surface area contributed by atoms with E-state index in [1.165, 1.54) is 0 Å². The summed E-state index contributed by atoms with van der Waals surface area (Å²) in [6, 6.07) is 5.46. The average molecular weight is 253 g/mol. The zero-order chi connectivity index (χ0) is 11.1. The molecule has 0 spiro atoms. The Morgan fingerprint density at radius 3 is 2.94 bits per heavy atom. The maximum atomic E-state index is 11.9. The number of nitrogens with one attached hydrogen (secondary N) is 2. The number of fused-ring (bicyclic) bond motifs is 1. The molecule has 0 fully saturated rings. The fourth-order valence-electron chi connectivity index (χ4n) is 1.83. The van der Waals surface area contributed by atoms with Crippen molar-refractivity contribution in [3.05, 3.63) is 34.5 Å². The van der Waals surface area contributed by atoms with Crippen molar-refractivity contribution in [2.24, 2.45) is 0 Å². The minimum absolute atomic E-state index is 0.0199. The van der Waals surface area contributed by atoms with E-state index in [9.17, 15) is 4.79 Å². The predicted molar refractivity (Wildman–Crippen MR) is 68.1 cm³/mol. The number of amides is 1. The molecule has 2 aliphatic rings. The van der Waals surface area contributed by atoms with Crippen molar-refractivity contribution in [1.29, 1.82) is 0 Å². The lowest BCUT2D eigenvalue weighted by Gasteiger charge is -2.09. The van der Waals surface area contributed by atoms with Crippen LogP contribution in [0, 0.1) is 0 Å². The second-order valence-electron chi connectivity index (χ2n) is 3.72. The molecule has 0 aliphatic carbocycles. The molecule has 2 aliphatic heterocycles. The quantitative estimate of drug-likeness (QED) is 0.746. The summed E-state index contributed by atoms with van der Waals surface area (Å²) in [5.74, 6) is 1.62. The Hall–Kier alpha value is -1.13. The Morgan fingerprint density at radius 1 is 1.19 bits per heavy atom. The summed E-state index contributed by atoms with van der Waals surface area (Å²) in [5, 5.41) is 6.80. The van der Waals surface area contributed by atoms with Crippen LogP contribution in [0.4, 0.5) is 11.4 Å². The van der Waals surface area contributed by atoms with E-state index < -0.39 is 0 Å². The molecule has 5 heteroatoms. The van der Waals surface area contributed by atoms with Crippen LogP contribution in [-0.2, 0) is 4.79 Å². The van der Waals surface area contributed by atoms with Crippen LogP contribution in [0.15, 0.2) is 29.5 Å². The molecule has 1 aromatic rings. The number of rotatable bonds is 0. The Kier molecular flexibility index (Phi) is 2.33. The monoisotopic (exact) mass is 252 g/mol. The first-order valence-electron chi connectivity index (χ1n) is 4.92. The molecule has 82 valence electrons. The van der Waals surface area contributed by atoms with Crippen molar-refractivity contribution < 1.29 is 4.79 Å². The van der Waals surface area contributed by atoms with E-state index in [0.29, 0.717) is 5.02 Å². The average Bonchev–Trinajstić information content (AvgIpc) is 2.65. The Labute approximate surface area is 102 Å². The maximum absolute atomic E-state index is 11.9. The summed E-state index contributed by atoms with van der Waals surface area (Å²) in [6.45, 7) is 0. The van der Waals surface area contributed by atoms with Crippen LogP contribution in [-0.4, -0.2) is 17.4 Å². The standard InChI is InChI=1S/C11H9ClN2OS/c12-6-1-2-8-9(3-6)14-11(15)7-4-16-5-10(7)13-8/h1-3,13H,4-5H2,(H,14,15). The second kappa shape index (κ2) is 3.71. The molecule has 0 saturated carbocycles. The van der Waals surface area contributed by atoms with Gasteiger partial charge in [0.15, 0.2) is 0 Å². The number of anilines is 2. The normalized spacial score (nSPS) is 18.4. The third-order valence-corrected chi connectivity index (χ3v) is 3.87. The van der Waals surface area contributed by atoms with Gasteiger partial charge < -0.3 is 10.6 Å². The number of thioether (sulfide) groups is 1. The summed E-state index contributed by atoms with van der Waals surface area (Å²) in [7, 11) is 0. The highest BCUT2D eigenvalue weighted by Crippen LogP contribution is 2.34. The van der Waals surface area contributed by atoms with Gasteiger partial charge in [0.25, 0.3) is 5.91 Å². The van der Waals surface area contributed by atoms with Crippen molar-refractivity contribution in [2.75, 3.05) is 22.1 Å².